The Bertz CT molecular complexity index is 844. The van der Waals surface area contributed by atoms with Gasteiger partial charge in [0.05, 0.1) is 30.3 Å². The van der Waals surface area contributed by atoms with Crippen molar-refractivity contribution in [3.63, 3.8) is 0 Å². The summed E-state index contributed by atoms with van der Waals surface area (Å²) in [5.74, 6) is -0.273. The summed E-state index contributed by atoms with van der Waals surface area (Å²) in [7, 11) is 2.03. The molecule has 3 nitrogen and oxygen atoms in total. The molecule has 2 aromatic rings. The van der Waals surface area contributed by atoms with Gasteiger partial charge in [-0.1, -0.05) is 23.7 Å². The first kappa shape index (κ1) is 14.3. The highest BCUT2D eigenvalue weighted by molar-refractivity contribution is 6.31. The molecule has 0 saturated heterocycles. The Labute approximate surface area is 139 Å². The molecule has 2 aliphatic heterocycles. The number of halogens is 2. The molecule has 0 radical (unpaired) electrons. The molecule has 0 fully saturated rings. The lowest BCUT2D eigenvalue weighted by molar-refractivity contribution is 0.495. The molecule has 0 spiro atoms. The molecule has 2 heterocycles. The normalized spacial score (nSPS) is 16.5. The Hall–Kier alpha value is -2.33. The summed E-state index contributed by atoms with van der Waals surface area (Å²) in [6.07, 6.45) is 2.08. The quantitative estimate of drug-likeness (QED) is 0.791. The van der Waals surface area contributed by atoms with E-state index in [1.54, 1.807) is 12.1 Å². The number of rotatable bonds is 1. The minimum atomic E-state index is -0.273. The second-order valence-electron chi connectivity index (χ2n) is 5.75. The van der Waals surface area contributed by atoms with Crippen molar-refractivity contribution in [2.75, 3.05) is 25.2 Å². The average molecular weight is 328 g/mol. The fourth-order valence-electron chi connectivity index (χ4n) is 3.10. The first-order chi connectivity index (χ1) is 11.1. The maximum absolute atomic E-state index is 14.3. The smallest absolute Gasteiger partial charge is 0.132 e. The maximum atomic E-state index is 14.3. The number of aliphatic imine (C=N–C) groups is 1. The van der Waals surface area contributed by atoms with Gasteiger partial charge in [0, 0.05) is 29.4 Å². The summed E-state index contributed by atoms with van der Waals surface area (Å²) in [5.41, 5.74) is 4.12. The predicted octanol–water partition coefficient (Wildman–Crippen LogP) is 3.88. The Morgan fingerprint density at radius 2 is 1.96 bits per heavy atom. The zero-order valence-corrected chi connectivity index (χ0v) is 13.4. The lowest BCUT2D eigenvalue weighted by atomic mass is 10.00. The topological polar surface area (TPSA) is 18.8 Å². The summed E-state index contributed by atoms with van der Waals surface area (Å²) in [4.78, 5) is 9.00. The highest BCUT2D eigenvalue weighted by atomic mass is 35.5. The van der Waals surface area contributed by atoms with E-state index in [0.29, 0.717) is 22.8 Å². The molecule has 23 heavy (non-hydrogen) atoms. The van der Waals surface area contributed by atoms with Gasteiger partial charge >= 0.3 is 0 Å². The van der Waals surface area contributed by atoms with Crippen LogP contribution < -0.4 is 4.90 Å². The van der Waals surface area contributed by atoms with Crippen molar-refractivity contribution in [3.05, 3.63) is 76.3 Å². The molecule has 2 aromatic carbocycles. The molecule has 0 aliphatic carbocycles. The number of fused-ring (bicyclic) bond motifs is 3. The van der Waals surface area contributed by atoms with Crippen LogP contribution in [0.15, 0.2) is 59.4 Å². The van der Waals surface area contributed by atoms with Gasteiger partial charge in [0.25, 0.3) is 0 Å². The van der Waals surface area contributed by atoms with Gasteiger partial charge in [-0.2, -0.15) is 0 Å². The van der Waals surface area contributed by atoms with Gasteiger partial charge in [0.1, 0.15) is 5.82 Å². The van der Waals surface area contributed by atoms with Crippen LogP contribution in [0, 0.1) is 5.82 Å². The van der Waals surface area contributed by atoms with Crippen LogP contribution in [-0.4, -0.2) is 30.9 Å². The summed E-state index contributed by atoms with van der Waals surface area (Å²) < 4.78 is 14.3. The number of hydrogen-bond acceptors (Lipinski definition) is 3. The van der Waals surface area contributed by atoms with Crippen LogP contribution in [0.3, 0.4) is 0 Å². The molecule has 0 atom stereocenters. The third kappa shape index (κ3) is 2.39. The second kappa shape index (κ2) is 5.39. The van der Waals surface area contributed by atoms with Gasteiger partial charge in [-0.05, 0) is 30.3 Å². The number of hydrogen-bond donors (Lipinski definition) is 0. The fourth-order valence-corrected chi connectivity index (χ4v) is 3.27. The molecule has 0 N–H and O–H groups in total. The Balaban J connectivity index is 1.94. The summed E-state index contributed by atoms with van der Waals surface area (Å²) >= 11 is 6.20. The van der Waals surface area contributed by atoms with Crippen LogP contribution >= 0.6 is 11.6 Å². The number of nitrogens with zero attached hydrogens (tertiary/aromatic N) is 3. The van der Waals surface area contributed by atoms with Crippen LogP contribution in [0.2, 0.25) is 5.02 Å². The molecule has 116 valence electrons. The van der Waals surface area contributed by atoms with Crippen LogP contribution in [0.5, 0.6) is 0 Å². The molecular weight excluding hydrogens is 313 g/mol. The molecular formula is C18H15ClFN3. The standard InChI is InChI=1S/C18H15ClFN3/c1-22-10-13-9-21-18(14-4-2-3-5-16(14)20)15-8-12(19)6-7-17(15)23(13)11-22/h2-8,10H,9,11H2,1H3. The van der Waals surface area contributed by atoms with Crippen molar-refractivity contribution in [2.24, 2.45) is 4.99 Å². The third-order valence-electron chi connectivity index (χ3n) is 4.11. The molecule has 0 bridgehead atoms. The zero-order chi connectivity index (χ0) is 16.0. The summed E-state index contributed by atoms with van der Waals surface area (Å²) in [5, 5.41) is 0.618. The van der Waals surface area contributed by atoms with E-state index in [0.717, 1.165) is 23.6 Å². The molecule has 0 saturated carbocycles. The highest BCUT2D eigenvalue weighted by Crippen LogP contribution is 2.34. The lowest BCUT2D eigenvalue weighted by Crippen LogP contribution is -2.25. The Morgan fingerprint density at radius 3 is 2.78 bits per heavy atom. The van der Waals surface area contributed by atoms with Crippen molar-refractivity contribution in [1.29, 1.82) is 0 Å². The molecule has 0 aromatic heterocycles. The van der Waals surface area contributed by atoms with Crippen molar-refractivity contribution in [3.8, 4) is 0 Å². The van der Waals surface area contributed by atoms with E-state index in [9.17, 15) is 4.39 Å². The number of benzene rings is 2. The van der Waals surface area contributed by atoms with E-state index in [2.05, 4.69) is 16.0 Å². The van der Waals surface area contributed by atoms with Gasteiger partial charge in [-0.25, -0.2) is 4.39 Å². The molecule has 2 aliphatic rings. The molecule has 0 amide bonds. The van der Waals surface area contributed by atoms with E-state index in [1.807, 2.05) is 31.3 Å². The van der Waals surface area contributed by atoms with Gasteiger partial charge in [0.15, 0.2) is 0 Å². The largest absolute Gasteiger partial charge is 0.361 e. The monoisotopic (exact) mass is 327 g/mol. The predicted molar refractivity (Wildman–Crippen MR) is 91.6 cm³/mol. The summed E-state index contributed by atoms with van der Waals surface area (Å²) in [6, 6.07) is 12.4. The fraction of sp³-hybridized carbons (Fsp3) is 0.167. The van der Waals surface area contributed by atoms with Gasteiger partial charge in [-0.15, -0.1) is 0 Å². The van der Waals surface area contributed by atoms with Gasteiger partial charge < -0.3 is 9.80 Å². The Kier molecular flexibility index (Phi) is 3.34. The maximum Gasteiger partial charge on any atom is 0.132 e. The number of anilines is 1. The van der Waals surface area contributed by atoms with Gasteiger partial charge in [0.2, 0.25) is 0 Å². The Morgan fingerprint density at radius 1 is 1.13 bits per heavy atom. The lowest BCUT2D eigenvalue weighted by Gasteiger charge is -2.23. The first-order valence-corrected chi connectivity index (χ1v) is 7.79. The van der Waals surface area contributed by atoms with Gasteiger partial charge in [-0.3, -0.25) is 4.99 Å². The SMILES string of the molecule is CN1C=C2CN=C(c3ccccc3F)c3cc(Cl)ccc3N2C1. The van der Waals surface area contributed by atoms with Crippen LogP contribution in [0.25, 0.3) is 0 Å². The zero-order valence-electron chi connectivity index (χ0n) is 12.6. The van der Waals surface area contributed by atoms with Crippen molar-refractivity contribution in [2.45, 2.75) is 0 Å². The minimum Gasteiger partial charge on any atom is -0.361 e. The second-order valence-corrected chi connectivity index (χ2v) is 6.19. The minimum absolute atomic E-state index is 0.273. The molecule has 0 unspecified atom stereocenters. The van der Waals surface area contributed by atoms with E-state index in [1.165, 1.54) is 6.07 Å². The van der Waals surface area contributed by atoms with Crippen LogP contribution in [0.4, 0.5) is 10.1 Å². The summed E-state index contributed by atoms with van der Waals surface area (Å²) in [6.45, 7) is 1.27. The van der Waals surface area contributed by atoms with Crippen LogP contribution in [0.1, 0.15) is 11.1 Å². The van der Waals surface area contributed by atoms with E-state index in [4.69, 9.17) is 16.6 Å². The molecule has 5 heteroatoms. The third-order valence-corrected chi connectivity index (χ3v) is 4.35. The molecule has 4 rings (SSSR count). The first-order valence-electron chi connectivity index (χ1n) is 7.41. The average Bonchev–Trinajstić information content (AvgIpc) is 2.83. The van der Waals surface area contributed by atoms with Crippen molar-refractivity contribution < 1.29 is 4.39 Å². The van der Waals surface area contributed by atoms with Crippen molar-refractivity contribution in [1.82, 2.24) is 4.90 Å². The van der Waals surface area contributed by atoms with E-state index >= 15 is 0 Å². The van der Waals surface area contributed by atoms with E-state index in [-0.39, 0.29) is 5.82 Å². The van der Waals surface area contributed by atoms with Crippen molar-refractivity contribution >= 4 is 23.0 Å². The van der Waals surface area contributed by atoms with Crippen LogP contribution in [-0.2, 0) is 0 Å². The highest BCUT2D eigenvalue weighted by Gasteiger charge is 2.27. The van der Waals surface area contributed by atoms with E-state index < -0.39 is 0 Å².